The largest absolute Gasteiger partial charge is 0.346 e. The Balaban J connectivity index is 1.79. The van der Waals surface area contributed by atoms with Gasteiger partial charge in [0.05, 0.1) is 6.10 Å². The Labute approximate surface area is 84.1 Å². The van der Waals surface area contributed by atoms with Crippen molar-refractivity contribution < 1.29 is 14.3 Å². The Morgan fingerprint density at radius 3 is 2.71 bits per heavy atom. The molecule has 0 aromatic carbocycles. The van der Waals surface area contributed by atoms with Crippen molar-refractivity contribution in [3.63, 3.8) is 0 Å². The number of carbonyl (C=O) groups excluding carboxylic acids is 1. The maximum absolute atomic E-state index is 10.8. The predicted octanol–water partition coefficient (Wildman–Crippen LogP) is 1.82. The van der Waals surface area contributed by atoms with E-state index >= 15 is 0 Å². The van der Waals surface area contributed by atoms with Gasteiger partial charge in [-0.05, 0) is 25.0 Å². The first kappa shape index (κ1) is 9.87. The van der Waals surface area contributed by atoms with Crippen molar-refractivity contribution in [2.45, 2.75) is 44.5 Å². The van der Waals surface area contributed by atoms with Crippen molar-refractivity contribution in [2.24, 2.45) is 0 Å². The summed E-state index contributed by atoms with van der Waals surface area (Å²) < 4.78 is 11.0. The smallest absolute Gasteiger partial charge is 0.181 e. The normalized spacial score (nSPS) is 29.4. The molecule has 1 fully saturated rings. The van der Waals surface area contributed by atoms with Crippen LogP contribution in [0.15, 0.2) is 12.2 Å². The molecule has 0 aromatic rings. The number of rotatable bonds is 2. The zero-order valence-electron chi connectivity index (χ0n) is 8.28. The molecule has 0 saturated heterocycles. The molecule has 1 saturated carbocycles. The lowest BCUT2D eigenvalue weighted by Crippen LogP contribution is -2.29. The van der Waals surface area contributed by atoms with Crippen LogP contribution in [0, 0.1) is 0 Å². The highest BCUT2D eigenvalue weighted by Crippen LogP contribution is 2.22. The topological polar surface area (TPSA) is 35.5 Å². The van der Waals surface area contributed by atoms with Crippen LogP contribution in [-0.2, 0) is 14.3 Å². The van der Waals surface area contributed by atoms with Crippen LogP contribution in [0.2, 0.25) is 0 Å². The van der Waals surface area contributed by atoms with E-state index in [9.17, 15) is 4.79 Å². The Kier molecular flexibility index (Phi) is 3.32. The standard InChI is InChI=1S/C11H16O3/c12-9-6-7-11(13-8-9)14-10-4-2-1-3-5-10/h6-7,10-11H,1-5,8H2. The van der Waals surface area contributed by atoms with Gasteiger partial charge < -0.3 is 9.47 Å². The number of carbonyl (C=O) groups is 1. The maximum atomic E-state index is 10.8. The Hall–Kier alpha value is -0.670. The third kappa shape index (κ3) is 2.66. The van der Waals surface area contributed by atoms with Crippen molar-refractivity contribution in [1.29, 1.82) is 0 Å². The molecule has 1 atom stereocenters. The first-order valence-corrected chi connectivity index (χ1v) is 5.33. The van der Waals surface area contributed by atoms with Crippen LogP contribution < -0.4 is 0 Å². The molecule has 2 rings (SSSR count). The molecule has 1 unspecified atom stereocenters. The second-order valence-corrected chi connectivity index (χ2v) is 3.90. The molecule has 0 aromatic heterocycles. The second-order valence-electron chi connectivity index (χ2n) is 3.90. The fraction of sp³-hybridized carbons (Fsp3) is 0.727. The van der Waals surface area contributed by atoms with Crippen LogP contribution in [-0.4, -0.2) is 24.8 Å². The van der Waals surface area contributed by atoms with E-state index in [4.69, 9.17) is 9.47 Å². The van der Waals surface area contributed by atoms with Gasteiger partial charge in [0.25, 0.3) is 0 Å². The van der Waals surface area contributed by atoms with Gasteiger partial charge in [-0.25, -0.2) is 0 Å². The van der Waals surface area contributed by atoms with Crippen molar-refractivity contribution in [3.05, 3.63) is 12.2 Å². The van der Waals surface area contributed by atoms with E-state index in [1.807, 2.05) is 0 Å². The fourth-order valence-electron chi connectivity index (χ4n) is 1.93. The van der Waals surface area contributed by atoms with Crippen molar-refractivity contribution >= 4 is 5.78 Å². The van der Waals surface area contributed by atoms with E-state index in [0.29, 0.717) is 6.10 Å². The molecule has 1 heterocycles. The van der Waals surface area contributed by atoms with Crippen LogP contribution >= 0.6 is 0 Å². The molecule has 0 amide bonds. The van der Waals surface area contributed by atoms with E-state index in [0.717, 1.165) is 12.8 Å². The summed E-state index contributed by atoms with van der Waals surface area (Å²) in [5.74, 6) is 0.0218. The zero-order valence-corrected chi connectivity index (χ0v) is 8.28. The molecule has 2 aliphatic rings. The van der Waals surface area contributed by atoms with Gasteiger partial charge in [0.2, 0.25) is 0 Å². The SMILES string of the molecule is O=C1C=CC(OC2CCCCC2)OC1. The average Bonchev–Trinajstić information content (AvgIpc) is 2.23. The Morgan fingerprint density at radius 1 is 1.29 bits per heavy atom. The van der Waals surface area contributed by atoms with E-state index in [1.165, 1.54) is 19.3 Å². The van der Waals surface area contributed by atoms with Gasteiger partial charge in [-0.15, -0.1) is 0 Å². The summed E-state index contributed by atoms with van der Waals surface area (Å²) in [5, 5.41) is 0. The summed E-state index contributed by atoms with van der Waals surface area (Å²) in [6.45, 7) is 0.161. The van der Waals surface area contributed by atoms with Gasteiger partial charge in [0.1, 0.15) is 6.61 Å². The van der Waals surface area contributed by atoms with Gasteiger partial charge in [0.15, 0.2) is 12.1 Å². The molecule has 1 aliphatic carbocycles. The van der Waals surface area contributed by atoms with Crippen LogP contribution in [0.1, 0.15) is 32.1 Å². The highest BCUT2D eigenvalue weighted by Gasteiger charge is 2.20. The molecule has 3 nitrogen and oxygen atoms in total. The van der Waals surface area contributed by atoms with Gasteiger partial charge in [-0.3, -0.25) is 4.79 Å². The lowest BCUT2D eigenvalue weighted by atomic mass is 9.98. The van der Waals surface area contributed by atoms with Crippen molar-refractivity contribution in [3.8, 4) is 0 Å². The highest BCUT2D eigenvalue weighted by molar-refractivity contribution is 5.91. The summed E-state index contributed by atoms with van der Waals surface area (Å²) in [5.41, 5.74) is 0. The van der Waals surface area contributed by atoms with Gasteiger partial charge in [0, 0.05) is 0 Å². The average molecular weight is 196 g/mol. The lowest BCUT2D eigenvalue weighted by molar-refractivity contribution is -0.161. The molecule has 0 bridgehead atoms. The summed E-state index contributed by atoms with van der Waals surface area (Å²) in [7, 11) is 0. The quantitative estimate of drug-likeness (QED) is 0.675. The maximum Gasteiger partial charge on any atom is 0.181 e. The van der Waals surface area contributed by atoms with Gasteiger partial charge in [-0.2, -0.15) is 0 Å². The van der Waals surface area contributed by atoms with Crippen LogP contribution in [0.4, 0.5) is 0 Å². The van der Waals surface area contributed by atoms with E-state index in [-0.39, 0.29) is 18.7 Å². The van der Waals surface area contributed by atoms with Crippen molar-refractivity contribution in [1.82, 2.24) is 0 Å². The minimum absolute atomic E-state index is 0.0218. The van der Waals surface area contributed by atoms with Gasteiger partial charge >= 0.3 is 0 Å². The molecule has 0 radical (unpaired) electrons. The Morgan fingerprint density at radius 2 is 2.07 bits per heavy atom. The minimum atomic E-state index is -0.296. The number of ketones is 1. The summed E-state index contributed by atoms with van der Waals surface area (Å²) in [6, 6.07) is 0. The summed E-state index contributed by atoms with van der Waals surface area (Å²) in [6.07, 6.45) is 9.36. The third-order valence-corrected chi connectivity index (χ3v) is 2.71. The molecular formula is C11H16O3. The molecule has 3 heteroatoms. The van der Waals surface area contributed by atoms with Crippen LogP contribution in [0.25, 0.3) is 0 Å². The van der Waals surface area contributed by atoms with E-state index in [1.54, 1.807) is 12.2 Å². The molecular weight excluding hydrogens is 180 g/mol. The molecule has 0 N–H and O–H groups in total. The molecule has 14 heavy (non-hydrogen) atoms. The van der Waals surface area contributed by atoms with E-state index in [2.05, 4.69) is 0 Å². The molecule has 1 aliphatic heterocycles. The minimum Gasteiger partial charge on any atom is -0.346 e. The number of hydrogen-bond acceptors (Lipinski definition) is 3. The molecule has 0 spiro atoms. The number of ether oxygens (including phenoxy) is 2. The number of hydrogen-bond donors (Lipinski definition) is 0. The van der Waals surface area contributed by atoms with Crippen molar-refractivity contribution in [2.75, 3.05) is 6.61 Å². The second kappa shape index (κ2) is 4.71. The Bertz CT molecular complexity index is 229. The molecule has 78 valence electrons. The monoisotopic (exact) mass is 196 g/mol. The van der Waals surface area contributed by atoms with Crippen LogP contribution in [0.5, 0.6) is 0 Å². The third-order valence-electron chi connectivity index (χ3n) is 2.71. The predicted molar refractivity (Wildman–Crippen MR) is 51.8 cm³/mol. The summed E-state index contributed by atoms with van der Waals surface area (Å²) >= 11 is 0. The van der Waals surface area contributed by atoms with E-state index < -0.39 is 0 Å². The summed E-state index contributed by atoms with van der Waals surface area (Å²) in [4.78, 5) is 10.8. The van der Waals surface area contributed by atoms with Crippen LogP contribution in [0.3, 0.4) is 0 Å². The zero-order chi connectivity index (χ0) is 9.80. The first-order chi connectivity index (χ1) is 6.84. The lowest BCUT2D eigenvalue weighted by Gasteiger charge is -2.26. The highest BCUT2D eigenvalue weighted by atomic mass is 16.7. The first-order valence-electron chi connectivity index (χ1n) is 5.33. The van der Waals surface area contributed by atoms with Gasteiger partial charge in [-0.1, -0.05) is 19.3 Å². The fourth-order valence-corrected chi connectivity index (χ4v) is 1.93.